The number of benzene rings is 2. The molecule has 0 saturated carbocycles. The van der Waals surface area contributed by atoms with E-state index in [1.54, 1.807) is 0 Å². The van der Waals surface area contributed by atoms with Gasteiger partial charge in [-0.3, -0.25) is 0 Å². The minimum absolute atomic E-state index is 0.212. The maximum atomic E-state index is 5.74. The highest BCUT2D eigenvalue weighted by Crippen LogP contribution is 2.51. The molecular weight excluding hydrogens is 344 g/mol. The molecule has 1 heterocycles. The molecule has 0 amide bonds. The predicted molar refractivity (Wildman–Crippen MR) is 74.9 cm³/mol. The summed E-state index contributed by atoms with van der Waals surface area (Å²) in [7, 11) is 0. The number of hydrogen-bond acceptors (Lipinski definition) is 1. The van der Waals surface area contributed by atoms with Crippen molar-refractivity contribution in [2.75, 3.05) is 0 Å². The van der Waals surface area contributed by atoms with Crippen LogP contribution in [0.2, 0.25) is 0 Å². The van der Waals surface area contributed by atoms with E-state index in [1.165, 1.54) is 11.1 Å². The van der Waals surface area contributed by atoms with Crippen molar-refractivity contribution < 1.29 is 4.74 Å². The molecule has 3 rings (SSSR count). The standard InChI is InChI=1S/C14H10Br2O/c15-11-5-1-9(2-6-11)13-14(17-13)10-3-7-12(16)8-4-10/h1-8,13-14H. The third-order valence-electron chi connectivity index (χ3n) is 2.89. The number of hydrogen-bond donors (Lipinski definition) is 0. The first-order valence-electron chi connectivity index (χ1n) is 5.40. The van der Waals surface area contributed by atoms with Crippen molar-refractivity contribution in [2.24, 2.45) is 0 Å². The van der Waals surface area contributed by atoms with Crippen molar-refractivity contribution >= 4 is 31.9 Å². The lowest BCUT2D eigenvalue weighted by Gasteiger charge is -1.98. The van der Waals surface area contributed by atoms with E-state index >= 15 is 0 Å². The summed E-state index contributed by atoms with van der Waals surface area (Å²) in [4.78, 5) is 0. The van der Waals surface area contributed by atoms with Gasteiger partial charge < -0.3 is 4.74 Å². The van der Waals surface area contributed by atoms with Crippen LogP contribution in [0.3, 0.4) is 0 Å². The monoisotopic (exact) mass is 352 g/mol. The maximum Gasteiger partial charge on any atom is 0.114 e. The Hall–Kier alpha value is -0.640. The molecule has 0 aromatic heterocycles. The number of epoxide rings is 1. The van der Waals surface area contributed by atoms with Crippen LogP contribution < -0.4 is 0 Å². The Kier molecular flexibility index (Phi) is 3.07. The summed E-state index contributed by atoms with van der Waals surface area (Å²) in [5.74, 6) is 0. The van der Waals surface area contributed by atoms with Crippen LogP contribution in [0.15, 0.2) is 57.5 Å². The molecule has 86 valence electrons. The molecular formula is C14H10Br2O. The van der Waals surface area contributed by atoms with E-state index in [0.717, 1.165) is 8.95 Å². The minimum Gasteiger partial charge on any atom is -0.359 e. The SMILES string of the molecule is Brc1ccc(C2OC2c2ccc(Br)cc2)cc1. The van der Waals surface area contributed by atoms with Gasteiger partial charge in [-0.15, -0.1) is 0 Å². The van der Waals surface area contributed by atoms with Gasteiger partial charge in [-0.25, -0.2) is 0 Å². The van der Waals surface area contributed by atoms with Crippen molar-refractivity contribution in [3.63, 3.8) is 0 Å². The van der Waals surface area contributed by atoms with Crippen LogP contribution in [0, 0.1) is 0 Å². The van der Waals surface area contributed by atoms with Crippen LogP contribution in [0.5, 0.6) is 0 Å². The summed E-state index contributed by atoms with van der Waals surface area (Å²) in [5.41, 5.74) is 2.47. The van der Waals surface area contributed by atoms with Gasteiger partial charge >= 0.3 is 0 Å². The molecule has 1 nitrogen and oxygen atoms in total. The second kappa shape index (κ2) is 4.56. The zero-order valence-corrected chi connectivity index (χ0v) is 12.1. The van der Waals surface area contributed by atoms with Crippen molar-refractivity contribution in [3.8, 4) is 0 Å². The molecule has 0 radical (unpaired) electrons. The predicted octanol–water partition coefficient (Wildman–Crippen LogP) is 5.02. The van der Waals surface area contributed by atoms with Gasteiger partial charge in [-0.2, -0.15) is 0 Å². The van der Waals surface area contributed by atoms with Crippen molar-refractivity contribution in [3.05, 3.63) is 68.6 Å². The van der Waals surface area contributed by atoms with E-state index in [2.05, 4.69) is 80.4 Å². The van der Waals surface area contributed by atoms with Crippen LogP contribution in [-0.4, -0.2) is 0 Å². The summed E-state index contributed by atoms with van der Waals surface area (Å²) in [6, 6.07) is 16.6. The number of halogens is 2. The third kappa shape index (κ3) is 2.46. The molecule has 3 heteroatoms. The molecule has 1 saturated heterocycles. The molecule has 0 spiro atoms. The molecule has 0 aliphatic carbocycles. The van der Waals surface area contributed by atoms with Crippen LogP contribution >= 0.6 is 31.9 Å². The van der Waals surface area contributed by atoms with E-state index < -0.39 is 0 Å². The first kappa shape index (κ1) is 11.5. The highest BCUT2D eigenvalue weighted by atomic mass is 79.9. The van der Waals surface area contributed by atoms with Gasteiger partial charge in [-0.1, -0.05) is 56.1 Å². The first-order valence-corrected chi connectivity index (χ1v) is 6.99. The molecule has 17 heavy (non-hydrogen) atoms. The van der Waals surface area contributed by atoms with Crippen LogP contribution in [-0.2, 0) is 4.74 Å². The molecule has 2 unspecified atom stereocenters. The largest absolute Gasteiger partial charge is 0.359 e. The topological polar surface area (TPSA) is 12.5 Å². The Balaban J connectivity index is 1.78. The van der Waals surface area contributed by atoms with E-state index in [0.29, 0.717) is 0 Å². The van der Waals surface area contributed by atoms with Gasteiger partial charge in [-0.05, 0) is 35.4 Å². The van der Waals surface area contributed by atoms with Crippen molar-refractivity contribution in [1.82, 2.24) is 0 Å². The smallest absolute Gasteiger partial charge is 0.114 e. The Morgan fingerprint density at radius 3 is 1.35 bits per heavy atom. The summed E-state index contributed by atoms with van der Waals surface area (Å²) < 4.78 is 7.94. The zero-order valence-electron chi connectivity index (χ0n) is 8.94. The van der Waals surface area contributed by atoms with Gasteiger partial charge in [0.05, 0.1) is 0 Å². The van der Waals surface area contributed by atoms with E-state index in [9.17, 15) is 0 Å². The average Bonchev–Trinajstić information content (AvgIpc) is 3.11. The molecule has 0 bridgehead atoms. The lowest BCUT2D eigenvalue weighted by molar-refractivity contribution is 0.377. The molecule has 2 atom stereocenters. The van der Waals surface area contributed by atoms with Crippen molar-refractivity contribution in [2.45, 2.75) is 12.2 Å². The summed E-state index contributed by atoms with van der Waals surface area (Å²) in [5, 5.41) is 0. The fourth-order valence-corrected chi connectivity index (χ4v) is 2.45. The van der Waals surface area contributed by atoms with E-state index in [1.807, 2.05) is 0 Å². The summed E-state index contributed by atoms with van der Waals surface area (Å²) in [6.07, 6.45) is 0.425. The quantitative estimate of drug-likeness (QED) is 0.690. The van der Waals surface area contributed by atoms with Crippen LogP contribution in [0.25, 0.3) is 0 Å². The summed E-state index contributed by atoms with van der Waals surface area (Å²) >= 11 is 6.87. The van der Waals surface area contributed by atoms with Crippen LogP contribution in [0.4, 0.5) is 0 Å². The third-order valence-corrected chi connectivity index (χ3v) is 3.95. The highest BCUT2D eigenvalue weighted by Gasteiger charge is 2.41. The molecule has 2 aromatic carbocycles. The van der Waals surface area contributed by atoms with Crippen LogP contribution in [0.1, 0.15) is 23.3 Å². The fraction of sp³-hybridized carbons (Fsp3) is 0.143. The highest BCUT2D eigenvalue weighted by molar-refractivity contribution is 9.10. The summed E-state index contributed by atoms with van der Waals surface area (Å²) in [6.45, 7) is 0. The van der Waals surface area contributed by atoms with E-state index in [-0.39, 0.29) is 12.2 Å². The van der Waals surface area contributed by atoms with Gasteiger partial charge in [0.25, 0.3) is 0 Å². The fourth-order valence-electron chi connectivity index (χ4n) is 1.92. The van der Waals surface area contributed by atoms with Gasteiger partial charge in [0.1, 0.15) is 12.2 Å². The normalized spacial score (nSPS) is 22.5. The molecule has 1 fully saturated rings. The van der Waals surface area contributed by atoms with E-state index in [4.69, 9.17) is 4.74 Å². The molecule has 2 aromatic rings. The lowest BCUT2D eigenvalue weighted by Crippen LogP contribution is -1.84. The minimum atomic E-state index is 0.212. The number of ether oxygens (including phenoxy) is 1. The molecule has 1 aliphatic rings. The zero-order chi connectivity index (χ0) is 11.8. The average molecular weight is 354 g/mol. The van der Waals surface area contributed by atoms with Gasteiger partial charge in [0.15, 0.2) is 0 Å². The molecule has 1 aliphatic heterocycles. The number of rotatable bonds is 2. The van der Waals surface area contributed by atoms with Gasteiger partial charge in [0.2, 0.25) is 0 Å². The second-order valence-electron chi connectivity index (χ2n) is 4.08. The molecule has 0 N–H and O–H groups in total. The second-order valence-corrected chi connectivity index (χ2v) is 5.91. The van der Waals surface area contributed by atoms with Crippen molar-refractivity contribution in [1.29, 1.82) is 0 Å². The Morgan fingerprint density at radius 1 is 0.647 bits per heavy atom. The first-order chi connectivity index (χ1) is 8.24. The van der Waals surface area contributed by atoms with Gasteiger partial charge in [0, 0.05) is 8.95 Å². The Labute approximate surface area is 117 Å². The Morgan fingerprint density at radius 2 is 1.00 bits per heavy atom. The maximum absolute atomic E-state index is 5.74. The lowest BCUT2D eigenvalue weighted by atomic mass is 10.0. The Bertz CT molecular complexity index is 469.